The zero-order chi connectivity index (χ0) is 36.5. The van der Waals surface area contributed by atoms with Crippen LogP contribution >= 0.6 is 23.4 Å². The van der Waals surface area contributed by atoms with Crippen molar-refractivity contribution in [2.24, 2.45) is 5.10 Å². The van der Waals surface area contributed by atoms with Crippen LogP contribution in [0.15, 0.2) is 77.9 Å². The molecule has 0 aliphatic carbocycles. The number of hydrogen-bond acceptors (Lipinski definition) is 9. The standard InChI is InChI=1S/C35H33ClF3N5O6S/c36-28-9-7-22(18-27(28)35(37,38)39)20-40-42-34(49)26-19-25(43-14-2-1-3-15-43)8-10-29(26)41-33(48)24-6-4-5-23(17-24)21-51-16-13-32(47)50-44-30(45)11-12-31(44)46/h4-12,17-20,45-46H,1-3,13-16,21H2,(H,41,48)(H,42,49). The number of halogens is 4. The molecule has 0 unspecified atom stereocenters. The first kappa shape index (κ1) is 37.1. The molecule has 2 amide bonds. The van der Waals surface area contributed by atoms with Crippen LogP contribution < -0.4 is 20.5 Å². The second kappa shape index (κ2) is 16.7. The Labute approximate surface area is 300 Å². The van der Waals surface area contributed by atoms with E-state index in [2.05, 4.69) is 20.7 Å². The molecule has 16 heteroatoms. The molecule has 2 heterocycles. The number of carbonyl (C=O) groups is 3. The van der Waals surface area contributed by atoms with E-state index in [0.29, 0.717) is 21.8 Å². The largest absolute Gasteiger partial charge is 0.492 e. The Morgan fingerprint density at radius 1 is 0.941 bits per heavy atom. The van der Waals surface area contributed by atoms with E-state index in [1.165, 1.54) is 30.0 Å². The monoisotopic (exact) mass is 743 g/mol. The second-order valence-corrected chi connectivity index (χ2v) is 13.0. The first-order chi connectivity index (χ1) is 24.4. The molecule has 51 heavy (non-hydrogen) atoms. The second-order valence-electron chi connectivity index (χ2n) is 11.5. The van der Waals surface area contributed by atoms with E-state index in [-0.39, 0.29) is 23.2 Å². The number of anilines is 2. The minimum atomic E-state index is -4.66. The van der Waals surface area contributed by atoms with Crippen molar-refractivity contribution in [3.8, 4) is 11.8 Å². The van der Waals surface area contributed by atoms with E-state index in [4.69, 9.17) is 16.4 Å². The van der Waals surface area contributed by atoms with E-state index >= 15 is 0 Å². The van der Waals surface area contributed by atoms with Crippen LogP contribution in [0.5, 0.6) is 11.8 Å². The molecule has 11 nitrogen and oxygen atoms in total. The molecule has 1 aliphatic rings. The number of aromatic nitrogens is 1. The van der Waals surface area contributed by atoms with Crippen molar-refractivity contribution in [1.29, 1.82) is 0 Å². The van der Waals surface area contributed by atoms with Crippen LogP contribution in [0.3, 0.4) is 0 Å². The Bertz CT molecular complexity index is 1910. The highest BCUT2D eigenvalue weighted by Gasteiger charge is 2.33. The quantitative estimate of drug-likeness (QED) is 0.0700. The number of nitrogens with zero attached hydrogens (tertiary/aromatic N) is 3. The third-order valence-electron chi connectivity index (χ3n) is 7.79. The van der Waals surface area contributed by atoms with Crippen LogP contribution in [-0.4, -0.2) is 57.8 Å². The van der Waals surface area contributed by atoms with Crippen LogP contribution in [0, 0.1) is 0 Å². The van der Waals surface area contributed by atoms with E-state index in [1.807, 2.05) is 12.1 Å². The molecule has 5 rings (SSSR count). The number of amides is 2. The number of benzene rings is 3. The lowest BCUT2D eigenvalue weighted by molar-refractivity contribution is -0.145. The Morgan fingerprint density at radius 3 is 2.41 bits per heavy atom. The summed E-state index contributed by atoms with van der Waals surface area (Å²) in [4.78, 5) is 46.0. The highest BCUT2D eigenvalue weighted by Crippen LogP contribution is 2.35. The van der Waals surface area contributed by atoms with Crippen molar-refractivity contribution < 1.29 is 42.6 Å². The number of rotatable bonds is 12. The predicted molar refractivity (Wildman–Crippen MR) is 189 cm³/mol. The van der Waals surface area contributed by atoms with Crippen LogP contribution in [0.25, 0.3) is 0 Å². The zero-order valence-corrected chi connectivity index (χ0v) is 28.5. The van der Waals surface area contributed by atoms with Gasteiger partial charge in [0.25, 0.3) is 11.8 Å². The minimum absolute atomic E-state index is 0.00148. The number of carbonyl (C=O) groups excluding carboxylic acids is 3. The molecular weight excluding hydrogens is 711 g/mol. The molecule has 4 N–H and O–H groups in total. The van der Waals surface area contributed by atoms with Crippen molar-refractivity contribution in [3.63, 3.8) is 0 Å². The van der Waals surface area contributed by atoms with Gasteiger partial charge in [-0.1, -0.05) is 29.8 Å². The van der Waals surface area contributed by atoms with Gasteiger partial charge in [-0.2, -0.15) is 30.0 Å². The summed E-state index contributed by atoms with van der Waals surface area (Å²) in [7, 11) is 0. The molecular formula is C35H33ClF3N5O6S. The Morgan fingerprint density at radius 2 is 1.69 bits per heavy atom. The lowest BCUT2D eigenvalue weighted by atomic mass is 10.1. The number of thioether (sulfide) groups is 1. The fourth-order valence-corrected chi connectivity index (χ4v) is 6.32. The average molecular weight is 744 g/mol. The van der Waals surface area contributed by atoms with Gasteiger partial charge >= 0.3 is 12.1 Å². The summed E-state index contributed by atoms with van der Waals surface area (Å²) >= 11 is 7.11. The van der Waals surface area contributed by atoms with Gasteiger partial charge in [0.1, 0.15) is 0 Å². The van der Waals surface area contributed by atoms with Gasteiger partial charge in [0.15, 0.2) is 0 Å². The van der Waals surface area contributed by atoms with Crippen molar-refractivity contribution >= 4 is 58.7 Å². The molecule has 4 aromatic rings. The fourth-order valence-electron chi connectivity index (χ4n) is 5.23. The molecule has 0 bridgehead atoms. The molecule has 1 saturated heterocycles. The number of hydrogen-bond donors (Lipinski definition) is 4. The minimum Gasteiger partial charge on any atom is -0.492 e. The fraction of sp³-hybridized carbons (Fsp3) is 0.257. The van der Waals surface area contributed by atoms with Crippen LogP contribution in [0.2, 0.25) is 5.02 Å². The Hall–Kier alpha value is -5.15. The third kappa shape index (κ3) is 9.98. The summed E-state index contributed by atoms with van der Waals surface area (Å²) < 4.78 is 40.5. The number of hydrazone groups is 1. The normalized spacial score (nSPS) is 13.3. The summed E-state index contributed by atoms with van der Waals surface area (Å²) in [6.07, 6.45) is -0.510. The first-order valence-corrected chi connectivity index (χ1v) is 17.3. The van der Waals surface area contributed by atoms with Gasteiger partial charge in [-0.3, -0.25) is 9.59 Å². The maximum absolute atomic E-state index is 13.4. The summed E-state index contributed by atoms with van der Waals surface area (Å²) in [6.45, 7) is 1.60. The molecule has 268 valence electrons. The van der Waals surface area contributed by atoms with E-state index in [9.17, 15) is 37.8 Å². The Balaban J connectivity index is 1.25. The molecule has 0 spiro atoms. The van der Waals surface area contributed by atoms with Crippen LogP contribution in [-0.2, 0) is 16.7 Å². The number of piperidine rings is 1. The highest BCUT2D eigenvalue weighted by atomic mass is 35.5. The van der Waals surface area contributed by atoms with Gasteiger partial charge < -0.3 is 25.3 Å². The summed E-state index contributed by atoms with van der Waals surface area (Å²) in [5, 5.41) is 25.4. The maximum Gasteiger partial charge on any atom is 0.417 e. The average Bonchev–Trinajstić information content (AvgIpc) is 3.43. The lowest BCUT2D eigenvalue weighted by Crippen LogP contribution is -2.30. The van der Waals surface area contributed by atoms with Gasteiger partial charge in [-0.25, -0.2) is 10.2 Å². The Kier molecular flexibility index (Phi) is 12.2. The van der Waals surface area contributed by atoms with Crippen molar-refractivity contribution in [2.45, 2.75) is 37.6 Å². The zero-order valence-electron chi connectivity index (χ0n) is 27.0. The van der Waals surface area contributed by atoms with Gasteiger partial charge in [-0.15, -0.1) is 4.73 Å². The van der Waals surface area contributed by atoms with Gasteiger partial charge in [0.05, 0.1) is 34.5 Å². The molecule has 0 radical (unpaired) electrons. The summed E-state index contributed by atoms with van der Waals surface area (Å²) in [5.74, 6) is -1.83. The van der Waals surface area contributed by atoms with Gasteiger partial charge in [0.2, 0.25) is 11.8 Å². The van der Waals surface area contributed by atoms with Crippen LogP contribution in [0.1, 0.15) is 63.1 Å². The number of aromatic hydroxyl groups is 2. The molecule has 1 fully saturated rings. The third-order valence-corrected chi connectivity index (χ3v) is 9.15. The van der Waals surface area contributed by atoms with E-state index in [0.717, 1.165) is 62.0 Å². The maximum atomic E-state index is 13.4. The van der Waals surface area contributed by atoms with Crippen LogP contribution in [0.4, 0.5) is 24.5 Å². The number of nitrogens with one attached hydrogen (secondary N) is 2. The summed E-state index contributed by atoms with van der Waals surface area (Å²) in [5.41, 5.74) is 3.60. The molecule has 0 saturated carbocycles. The van der Waals surface area contributed by atoms with E-state index in [1.54, 1.807) is 30.3 Å². The van der Waals surface area contributed by atoms with Crippen molar-refractivity contribution in [2.75, 3.05) is 29.1 Å². The molecule has 1 aliphatic heterocycles. The highest BCUT2D eigenvalue weighted by molar-refractivity contribution is 7.98. The summed E-state index contributed by atoms with van der Waals surface area (Å²) in [6, 6.07) is 17.5. The smallest absolute Gasteiger partial charge is 0.417 e. The molecule has 0 atom stereocenters. The lowest BCUT2D eigenvalue weighted by Gasteiger charge is -2.29. The SMILES string of the molecule is O=C(CCSCc1cccc(C(=O)Nc2ccc(N3CCCCC3)cc2C(=O)NN=Cc2ccc(Cl)c(C(F)(F)F)c2)c1)On1c(O)ccc1O. The first-order valence-electron chi connectivity index (χ1n) is 15.8. The topological polar surface area (TPSA) is 145 Å². The van der Waals surface area contributed by atoms with E-state index < -0.39 is 46.3 Å². The molecule has 3 aromatic carbocycles. The van der Waals surface area contributed by atoms with Crippen molar-refractivity contribution in [3.05, 3.63) is 106 Å². The van der Waals surface area contributed by atoms with Crippen molar-refractivity contribution in [1.82, 2.24) is 10.2 Å². The van der Waals surface area contributed by atoms with Gasteiger partial charge in [-0.05, 0) is 72.9 Å². The molecule has 1 aromatic heterocycles. The van der Waals surface area contributed by atoms with Gasteiger partial charge in [0, 0.05) is 48.0 Å². The predicted octanol–water partition coefficient (Wildman–Crippen LogP) is 6.86. The number of alkyl halides is 3.